The van der Waals surface area contributed by atoms with Crippen LogP contribution in [-0.4, -0.2) is 40.5 Å². The number of carbonyl (C=O) groups excluding carboxylic acids is 1. The van der Waals surface area contributed by atoms with Gasteiger partial charge >= 0.3 is 0 Å². The lowest BCUT2D eigenvalue weighted by Crippen LogP contribution is -2.29. The predicted molar refractivity (Wildman–Crippen MR) is 107 cm³/mol. The van der Waals surface area contributed by atoms with Gasteiger partial charge in [0, 0.05) is 42.9 Å². The first-order valence-corrected chi connectivity index (χ1v) is 9.72. The van der Waals surface area contributed by atoms with Crippen LogP contribution in [0.1, 0.15) is 41.7 Å². The second kappa shape index (κ2) is 8.20. The molecule has 1 aliphatic heterocycles. The minimum Gasteiger partial charge on any atom is -0.361 e. The molecule has 0 saturated carbocycles. The average molecular weight is 363 g/mol. The van der Waals surface area contributed by atoms with Crippen molar-refractivity contribution >= 4 is 22.8 Å². The van der Waals surface area contributed by atoms with Gasteiger partial charge in [-0.1, -0.05) is 31.0 Å². The summed E-state index contributed by atoms with van der Waals surface area (Å²) in [6.45, 7) is 2.50. The Morgan fingerprint density at radius 2 is 1.93 bits per heavy atom. The number of H-pyrrole nitrogens is 1. The van der Waals surface area contributed by atoms with E-state index in [1.54, 1.807) is 12.3 Å². The fourth-order valence-corrected chi connectivity index (χ4v) is 3.64. The Kier molecular flexibility index (Phi) is 5.32. The molecule has 4 rings (SSSR count). The zero-order valence-electron chi connectivity index (χ0n) is 15.4. The summed E-state index contributed by atoms with van der Waals surface area (Å²) < 4.78 is 0. The number of fused-ring (bicyclic) bond motifs is 1. The van der Waals surface area contributed by atoms with E-state index in [-0.39, 0.29) is 5.91 Å². The summed E-state index contributed by atoms with van der Waals surface area (Å²) in [5, 5.41) is 4.19. The molecule has 1 aliphatic rings. The van der Waals surface area contributed by atoms with Crippen molar-refractivity contribution in [3.8, 4) is 0 Å². The fraction of sp³-hybridized carbons (Fsp3) is 0.381. The number of benzene rings is 1. The minimum absolute atomic E-state index is 0.145. The van der Waals surface area contributed by atoms with Crippen molar-refractivity contribution in [3.63, 3.8) is 0 Å². The number of aromatic nitrogens is 3. The van der Waals surface area contributed by atoms with E-state index in [0.29, 0.717) is 18.2 Å². The molecule has 1 aromatic carbocycles. The van der Waals surface area contributed by atoms with Crippen molar-refractivity contribution in [2.24, 2.45) is 0 Å². The van der Waals surface area contributed by atoms with E-state index in [1.807, 2.05) is 18.3 Å². The lowest BCUT2D eigenvalue weighted by molar-refractivity contribution is 0.0949. The van der Waals surface area contributed by atoms with E-state index < -0.39 is 0 Å². The lowest BCUT2D eigenvalue weighted by Gasteiger charge is -2.20. The number of hydrogen-bond acceptors (Lipinski definition) is 4. The number of para-hydroxylation sites is 1. The van der Waals surface area contributed by atoms with Crippen LogP contribution in [0.25, 0.3) is 10.9 Å². The molecule has 1 saturated heterocycles. The molecule has 0 aliphatic carbocycles. The maximum atomic E-state index is 12.5. The molecule has 1 fully saturated rings. The summed E-state index contributed by atoms with van der Waals surface area (Å²) in [7, 11) is 0. The van der Waals surface area contributed by atoms with Gasteiger partial charge in [0.1, 0.15) is 5.69 Å². The van der Waals surface area contributed by atoms with Gasteiger partial charge in [0.05, 0.1) is 0 Å². The van der Waals surface area contributed by atoms with Crippen LogP contribution < -0.4 is 10.2 Å². The van der Waals surface area contributed by atoms with Crippen molar-refractivity contribution in [1.29, 1.82) is 0 Å². The van der Waals surface area contributed by atoms with Crippen LogP contribution in [0.2, 0.25) is 0 Å². The van der Waals surface area contributed by atoms with E-state index in [4.69, 9.17) is 0 Å². The first-order valence-electron chi connectivity index (χ1n) is 9.72. The van der Waals surface area contributed by atoms with Crippen LogP contribution in [0.5, 0.6) is 0 Å². The number of nitrogens with one attached hydrogen (secondary N) is 2. The van der Waals surface area contributed by atoms with E-state index in [1.165, 1.54) is 23.8 Å². The number of aromatic amines is 1. The van der Waals surface area contributed by atoms with Crippen LogP contribution in [-0.2, 0) is 6.42 Å². The number of anilines is 1. The van der Waals surface area contributed by atoms with E-state index in [0.717, 1.165) is 37.9 Å². The van der Waals surface area contributed by atoms with E-state index >= 15 is 0 Å². The smallest absolute Gasteiger partial charge is 0.270 e. The predicted octanol–water partition coefficient (Wildman–Crippen LogP) is 3.31. The van der Waals surface area contributed by atoms with Crippen molar-refractivity contribution < 1.29 is 4.79 Å². The minimum atomic E-state index is -0.145. The summed E-state index contributed by atoms with van der Waals surface area (Å²) in [6, 6.07) is 9.89. The normalized spacial score (nSPS) is 14.9. The monoisotopic (exact) mass is 363 g/mol. The van der Waals surface area contributed by atoms with Gasteiger partial charge in [-0.2, -0.15) is 0 Å². The standard InChI is InChI=1S/C21H25N5O/c27-20(22-11-9-16-15-24-18-8-4-3-7-17(16)18)19-10-12-23-21(25-19)26-13-5-1-2-6-14-26/h3-4,7-8,10,12,15,24H,1-2,5-6,9,11,13-14H2,(H,22,27). The second-order valence-electron chi connectivity index (χ2n) is 7.01. The highest BCUT2D eigenvalue weighted by molar-refractivity contribution is 5.92. The molecule has 3 heterocycles. The molecule has 140 valence electrons. The zero-order valence-corrected chi connectivity index (χ0v) is 15.4. The van der Waals surface area contributed by atoms with Crippen molar-refractivity contribution in [1.82, 2.24) is 20.3 Å². The molecule has 0 radical (unpaired) electrons. The fourth-order valence-electron chi connectivity index (χ4n) is 3.64. The van der Waals surface area contributed by atoms with Crippen LogP contribution >= 0.6 is 0 Å². The Bertz CT molecular complexity index is 912. The van der Waals surface area contributed by atoms with Gasteiger partial charge in [0.25, 0.3) is 5.91 Å². The van der Waals surface area contributed by atoms with Crippen LogP contribution in [0.3, 0.4) is 0 Å². The highest BCUT2D eigenvalue weighted by atomic mass is 16.1. The molecule has 0 spiro atoms. The quantitative estimate of drug-likeness (QED) is 0.729. The maximum absolute atomic E-state index is 12.5. The maximum Gasteiger partial charge on any atom is 0.270 e. The SMILES string of the molecule is O=C(NCCc1c[nH]c2ccccc12)c1ccnc(N2CCCCCC2)n1. The molecular formula is C21H25N5O. The Balaban J connectivity index is 1.37. The van der Waals surface area contributed by atoms with Gasteiger partial charge < -0.3 is 15.2 Å². The molecule has 2 aromatic heterocycles. The number of nitrogens with zero attached hydrogens (tertiary/aromatic N) is 3. The van der Waals surface area contributed by atoms with Gasteiger partial charge in [-0.3, -0.25) is 4.79 Å². The molecule has 27 heavy (non-hydrogen) atoms. The molecule has 2 N–H and O–H groups in total. The Morgan fingerprint density at radius 3 is 2.78 bits per heavy atom. The topological polar surface area (TPSA) is 73.9 Å². The highest BCUT2D eigenvalue weighted by Crippen LogP contribution is 2.18. The highest BCUT2D eigenvalue weighted by Gasteiger charge is 2.15. The van der Waals surface area contributed by atoms with Gasteiger partial charge in [-0.25, -0.2) is 9.97 Å². The number of amides is 1. The third-order valence-electron chi connectivity index (χ3n) is 5.12. The summed E-state index contributed by atoms with van der Waals surface area (Å²) in [4.78, 5) is 26.8. The van der Waals surface area contributed by atoms with Crippen LogP contribution in [0.4, 0.5) is 5.95 Å². The first kappa shape index (κ1) is 17.5. The Labute approximate surface area is 159 Å². The summed E-state index contributed by atoms with van der Waals surface area (Å²) in [6.07, 6.45) is 9.30. The molecule has 1 amide bonds. The van der Waals surface area contributed by atoms with Crippen molar-refractivity contribution in [2.45, 2.75) is 32.1 Å². The van der Waals surface area contributed by atoms with Crippen LogP contribution in [0.15, 0.2) is 42.7 Å². The lowest BCUT2D eigenvalue weighted by atomic mass is 10.1. The van der Waals surface area contributed by atoms with Gasteiger partial charge in [0.2, 0.25) is 5.95 Å². The number of rotatable bonds is 5. The summed E-state index contributed by atoms with van der Waals surface area (Å²) in [5.41, 5.74) is 2.76. The molecule has 3 aromatic rings. The molecule has 6 heteroatoms. The third-order valence-corrected chi connectivity index (χ3v) is 5.12. The number of hydrogen-bond donors (Lipinski definition) is 2. The Hall–Kier alpha value is -2.89. The summed E-state index contributed by atoms with van der Waals surface area (Å²) >= 11 is 0. The molecular weight excluding hydrogens is 338 g/mol. The average Bonchev–Trinajstić information content (AvgIpc) is 2.93. The molecule has 0 unspecified atom stereocenters. The van der Waals surface area contributed by atoms with Gasteiger partial charge in [0.15, 0.2) is 0 Å². The number of carbonyl (C=O) groups is 1. The molecule has 0 atom stereocenters. The molecule has 6 nitrogen and oxygen atoms in total. The van der Waals surface area contributed by atoms with Gasteiger partial charge in [-0.15, -0.1) is 0 Å². The van der Waals surface area contributed by atoms with E-state index in [9.17, 15) is 4.79 Å². The Morgan fingerprint density at radius 1 is 1.11 bits per heavy atom. The first-order chi connectivity index (χ1) is 13.3. The molecule has 0 bridgehead atoms. The third kappa shape index (κ3) is 4.10. The summed E-state index contributed by atoms with van der Waals surface area (Å²) in [5.74, 6) is 0.523. The van der Waals surface area contributed by atoms with Crippen molar-refractivity contribution in [2.75, 3.05) is 24.5 Å². The van der Waals surface area contributed by atoms with E-state index in [2.05, 4.69) is 37.3 Å². The van der Waals surface area contributed by atoms with Crippen molar-refractivity contribution in [3.05, 3.63) is 54.0 Å². The van der Waals surface area contributed by atoms with Crippen LogP contribution in [0, 0.1) is 0 Å². The zero-order chi connectivity index (χ0) is 18.5. The van der Waals surface area contributed by atoms with Gasteiger partial charge in [-0.05, 0) is 37.0 Å². The largest absolute Gasteiger partial charge is 0.361 e. The second-order valence-corrected chi connectivity index (χ2v) is 7.01.